The van der Waals surface area contributed by atoms with E-state index >= 15 is 0 Å². The Morgan fingerprint density at radius 2 is 1.57 bits per heavy atom. The van der Waals surface area contributed by atoms with Crippen molar-refractivity contribution in [2.24, 2.45) is 4.99 Å². The van der Waals surface area contributed by atoms with Gasteiger partial charge in [0.15, 0.2) is 4.67 Å². The Morgan fingerprint density at radius 1 is 0.964 bits per heavy atom. The molecule has 0 saturated carbocycles. The maximum atomic E-state index is 12.4. The van der Waals surface area contributed by atoms with Crippen molar-refractivity contribution < 1.29 is 19.0 Å². The summed E-state index contributed by atoms with van der Waals surface area (Å²) in [4.78, 5) is 17.6. The third-order valence-corrected chi connectivity index (χ3v) is 6.07. The van der Waals surface area contributed by atoms with Gasteiger partial charge in [-0.25, -0.2) is 9.79 Å². The summed E-state index contributed by atoms with van der Waals surface area (Å²) >= 11 is 0. The molecule has 0 aliphatic heterocycles. The Labute approximate surface area is 170 Å². The number of methoxy groups -OCH3 is 2. The molecule has 0 spiro atoms. The highest BCUT2D eigenvalue weighted by molar-refractivity contribution is 7.69. The fraction of sp³-hybridized carbons (Fsp3) is 0.200. The van der Waals surface area contributed by atoms with Crippen molar-refractivity contribution in [1.82, 2.24) is 0 Å². The number of benzene rings is 2. The molecule has 0 atom stereocenters. The molecular weight excluding hydrogens is 396 g/mol. The minimum atomic E-state index is -0.365. The normalized spacial score (nSPS) is 11.2. The van der Waals surface area contributed by atoms with Crippen molar-refractivity contribution in [1.29, 1.82) is 0 Å². The third kappa shape index (κ3) is 4.71. The number of ether oxygens (including phenoxy) is 3. The van der Waals surface area contributed by atoms with Crippen LogP contribution in [0.2, 0.25) is 0 Å². The van der Waals surface area contributed by atoms with Crippen molar-refractivity contribution in [3.8, 4) is 11.5 Å². The second-order valence-corrected chi connectivity index (χ2v) is 7.69. The molecule has 0 saturated heterocycles. The second-order valence-electron chi connectivity index (χ2n) is 5.56. The van der Waals surface area contributed by atoms with E-state index in [0.29, 0.717) is 21.8 Å². The average Bonchev–Trinajstić information content (AvgIpc) is 3.11. The predicted molar refractivity (Wildman–Crippen MR) is 113 cm³/mol. The molecule has 6 nitrogen and oxygen atoms in total. The maximum Gasteiger partial charge on any atom is 0.351 e. The Morgan fingerprint density at radius 3 is 2.14 bits per heavy atom. The van der Waals surface area contributed by atoms with Gasteiger partial charge in [-0.15, -0.1) is 0 Å². The molecule has 2 aromatic carbocycles. The van der Waals surface area contributed by atoms with Crippen LogP contribution in [0.5, 0.6) is 11.5 Å². The highest BCUT2D eigenvalue weighted by atomic mass is 32.9. The minimum absolute atomic E-state index is 0.314. The Balaban J connectivity index is 2.01. The molecule has 1 aromatic heterocycles. The van der Waals surface area contributed by atoms with E-state index in [9.17, 15) is 4.79 Å². The first-order valence-electron chi connectivity index (χ1n) is 8.54. The zero-order valence-electron chi connectivity index (χ0n) is 15.7. The SMILES string of the molecule is CCOC(=O)c1ssc(=Nc2ccc(OC)cc2)c1Nc1ccc(OC)cc1. The Kier molecular flexibility index (Phi) is 6.67. The molecule has 146 valence electrons. The molecule has 0 fully saturated rings. The van der Waals surface area contributed by atoms with Gasteiger partial charge in [-0.1, -0.05) is 20.7 Å². The summed E-state index contributed by atoms with van der Waals surface area (Å²) in [6.45, 7) is 2.10. The largest absolute Gasteiger partial charge is 0.497 e. The number of carbonyl (C=O) groups is 1. The van der Waals surface area contributed by atoms with Crippen LogP contribution >= 0.6 is 20.7 Å². The van der Waals surface area contributed by atoms with E-state index in [2.05, 4.69) is 10.3 Å². The quantitative estimate of drug-likeness (QED) is 0.435. The molecule has 1 heterocycles. The zero-order chi connectivity index (χ0) is 19.9. The van der Waals surface area contributed by atoms with Gasteiger partial charge in [0.05, 0.1) is 26.5 Å². The first-order chi connectivity index (χ1) is 13.6. The van der Waals surface area contributed by atoms with Gasteiger partial charge >= 0.3 is 5.97 Å². The fourth-order valence-corrected chi connectivity index (χ4v) is 4.64. The van der Waals surface area contributed by atoms with Crippen LogP contribution in [0.4, 0.5) is 17.1 Å². The summed E-state index contributed by atoms with van der Waals surface area (Å²) in [7, 11) is 6.00. The van der Waals surface area contributed by atoms with Crippen molar-refractivity contribution in [2.75, 3.05) is 26.1 Å². The van der Waals surface area contributed by atoms with Gasteiger partial charge in [0.2, 0.25) is 0 Å². The number of esters is 1. The van der Waals surface area contributed by atoms with Crippen LogP contribution in [0.1, 0.15) is 16.6 Å². The number of anilines is 2. The zero-order valence-corrected chi connectivity index (χ0v) is 17.4. The Bertz CT molecular complexity index is 992. The molecule has 0 amide bonds. The molecule has 0 bridgehead atoms. The van der Waals surface area contributed by atoms with Crippen LogP contribution < -0.4 is 19.5 Å². The van der Waals surface area contributed by atoms with Crippen LogP contribution in [-0.2, 0) is 4.74 Å². The molecule has 3 aromatic rings. The number of hydrogen-bond acceptors (Lipinski definition) is 8. The van der Waals surface area contributed by atoms with E-state index in [1.807, 2.05) is 48.5 Å². The van der Waals surface area contributed by atoms with Gasteiger partial charge in [-0.05, 0) is 55.5 Å². The van der Waals surface area contributed by atoms with Gasteiger partial charge in [0.1, 0.15) is 22.1 Å². The third-order valence-electron chi connectivity index (χ3n) is 3.77. The molecule has 3 rings (SSSR count). The molecule has 0 aliphatic carbocycles. The van der Waals surface area contributed by atoms with Crippen LogP contribution in [0.15, 0.2) is 53.5 Å². The molecule has 8 heteroatoms. The van der Waals surface area contributed by atoms with E-state index in [-0.39, 0.29) is 5.97 Å². The number of rotatable bonds is 7. The smallest absolute Gasteiger partial charge is 0.351 e. The molecular formula is C20H20N2O4S2. The summed E-state index contributed by atoms with van der Waals surface area (Å²) in [6.07, 6.45) is 0. The molecule has 28 heavy (non-hydrogen) atoms. The number of nitrogens with zero attached hydrogens (tertiary/aromatic N) is 1. The highest BCUT2D eigenvalue weighted by Crippen LogP contribution is 2.28. The van der Waals surface area contributed by atoms with Crippen LogP contribution in [0.3, 0.4) is 0 Å². The van der Waals surface area contributed by atoms with Gasteiger partial charge in [0.25, 0.3) is 0 Å². The number of carbonyl (C=O) groups excluding carboxylic acids is 1. The Hall–Kier alpha value is -2.84. The standard InChI is InChI=1S/C20H20N2O4S2/c1-4-26-20(23)18-17(21-13-5-9-15(24-2)10-6-13)19(28-27-18)22-14-7-11-16(25-3)12-8-14/h5-12,21H,4H2,1-3H3. The van der Waals surface area contributed by atoms with Crippen molar-refractivity contribution in [3.63, 3.8) is 0 Å². The summed E-state index contributed by atoms with van der Waals surface area (Å²) in [6, 6.07) is 14.9. The molecule has 0 aliphatic rings. The molecule has 0 unspecified atom stereocenters. The fourth-order valence-electron chi connectivity index (χ4n) is 2.37. The van der Waals surface area contributed by atoms with Crippen molar-refractivity contribution in [2.45, 2.75) is 6.92 Å². The van der Waals surface area contributed by atoms with E-state index in [0.717, 1.165) is 22.9 Å². The topological polar surface area (TPSA) is 69.2 Å². The summed E-state index contributed by atoms with van der Waals surface area (Å²) < 4.78 is 16.3. The summed E-state index contributed by atoms with van der Waals surface area (Å²) in [5.41, 5.74) is 2.22. The lowest BCUT2D eigenvalue weighted by Crippen LogP contribution is -2.10. The summed E-state index contributed by atoms with van der Waals surface area (Å²) in [5, 5.41) is 3.30. The van der Waals surface area contributed by atoms with Crippen LogP contribution in [0, 0.1) is 0 Å². The predicted octanol–water partition coefficient (Wildman–Crippen LogP) is 4.98. The van der Waals surface area contributed by atoms with Crippen molar-refractivity contribution in [3.05, 3.63) is 58.1 Å². The first kappa shape index (κ1) is 19.9. The van der Waals surface area contributed by atoms with E-state index in [4.69, 9.17) is 14.2 Å². The molecule has 1 N–H and O–H groups in total. The van der Waals surface area contributed by atoms with E-state index in [1.165, 1.54) is 20.7 Å². The van der Waals surface area contributed by atoms with Crippen molar-refractivity contribution >= 4 is 43.7 Å². The number of nitrogens with one attached hydrogen (secondary N) is 1. The second kappa shape index (κ2) is 9.38. The molecule has 0 radical (unpaired) electrons. The maximum absolute atomic E-state index is 12.4. The lowest BCUT2D eigenvalue weighted by molar-refractivity contribution is 0.0533. The first-order valence-corrected chi connectivity index (χ1v) is 10.7. The van der Waals surface area contributed by atoms with Crippen LogP contribution in [0.25, 0.3) is 0 Å². The van der Waals surface area contributed by atoms with E-state index < -0.39 is 0 Å². The van der Waals surface area contributed by atoms with Gasteiger partial charge in [-0.3, -0.25) is 0 Å². The summed E-state index contributed by atoms with van der Waals surface area (Å²) in [5.74, 6) is 1.15. The lowest BCUT2D eigenvalue weighted by atomic mass is 10.3. The number of hydrogen-bond donors (Lipinski definition) is 1. The van der Waals surface area contributed by atoms with Gasteiger partial charge < -0.3 is 19.5 Å². The highest BCUT2D eigenvalue weighted by Gasteiger charge is 2.18. The van der Waals surface area contributed by atoms with Gasteiger partial charge in [-0.2, -0.15) is 0 Å². The monoisotopic (exact) mass is 416 g/mol. The minimum Gasteiger partial charge on any atom is -0.497 e. The average molecular weight is 417 g/mol. The van der Waals surface area contributed by atoms with E-state index in [1.54, 1.807) is 21.1 Å². The van der Waals surface area contributed by atoms with Gasteiger partial charge in [0, 0.05) is 5.69 Å². The lowest BCUT2D eigenvalue weighted by Gasteiger charge is -2.08. The van der Waals surface area contributed by atoms with Crippen LogP contribution in [-0.4, -0.2) is 26.8 Å².